The summed E-state index contributed by atoms with van der Waals surface area (Å²) in [4.78, 5) is 6.68. The van der Waals surface area contributed by atoms with Crippen LogP contribution in [0.15, 0.2) is 18.2 Å². The molecule has 4 heteroatoms. The molecular formula is C10H13ClN2O. The van der Waals surface area contributed by atoms with Crippen molar-refractivity contribution in [3.63, 3.8) is 0 Å². The molecule has 0 saturated carbocycles. The summed E-state index contributed by atoms with van der Waals surface area (Å²) < 4.78 is 5.28. The van der Waals surface area contributed by atoms with E-state index in [1.807, 2.05) is 18.2 Å². The molecule has 0 N–H and O–H groups in total. The maximum absolute atomic E-state index is 5.73. The highest BCUT2D eigenvalue weighted by atomic mass is 35.5. The first kappa shape index (κ1) is 9.74. The van der Waals surface area contributed by atoms with Gasteiger partial charge < -0.3 is 9.64 Å². The van der Waals surface area contributed by atoms with Crippen molar-refractivity contribution in [2.24, 2.45) is 0 Å². The van der Waals surface area contributed by atoms with Crippen molar-refractivity contribution in [1.82, 2.24) is 4.98 Å². The second-order valence-corrected chi connectivity index (χ2v) is 3.49. The van der Waals surface area contributed by atoms with E-state index in [2.05, 4.69) is 9.88 Å². The molecule has 0 atom stereocenters. The molecule has 14 heavy (non-hydrogen) atoms. The fourth-order valence-electron chi connectivity index (χ4n) is 1.51. The molecule has 1 aliphatic heterocycles. The number of alkyl halides is 1. The fourth-order valence-corrected chi connectivity index (χ4v) is 1.66. The third kappa shape index (κ3) is 2.16. The number of anilines is 1. The summed E-state index contributed by atoms with van der Waals surface area (Å²) in [6.45, 7) is 3.40. The molecule has 76 valence electrons. The summed E-state index contributed by atoms with van der Waals surface area (Å²) in [6.07, 6.45) is 0. The maximum atomic E-state index is 5.73. The minimum Gasteiger partial charge on any atom is -0.378 e. The smallest absolute Gasteiger partial charge is 0.129 e. The number of hydrogen-bond donors (Lipinski definition) is 0. The van der Waals surface area contributed by atoms with Gasteiger partial charge in [0.25, 0.3) is 0 Å². The molecule has 0 unspecified atom stereocenters. The number of aromatic nitrogens is 1. The highest BCUT2D eigenvalue weighted by molar-refractivity contribution is 6.16. The number of nitrogens with zero attached hydrogens (tertiary/aromatic N) is 2. The SMILES string of the molecule is ClCc1cccc(N2CCOCC2)n1. The Labute approximate surface area is 88.6 Å². The van der Waals surface area contributed by atoms with Crippen molar-refractivity contribution in [2.75, 3.05) is 31.2 Å². The standard InChI is InChI=1S/C10H13ClN2O/c11-8-9-2-1-3-10(12-9)13-4-6-14-7-5-13/h1-3H,4-8H2. The molecule has 0 bridgehead atoms. The van der Waals surface area contributed by atoms with Gasteiger partial charge in [-0.05, 0) is 12.1 Å². The Balaban J connectivity index is 2.13. The lowest BCUT2D eigenvalue weighted by molar-refractivity contribution is 0.122. The quantitative estimate of drug-likeness (QED) is 0.698. The zero-order chi connectivity index (χ0) is 9.80. The first-order valence-corrected chi connectivity index (χ1v) is 5.28. The zero-order valence-electron chi connectivity index (χ0n) is 7.95. The minimum absolute atomic E-state index is 0.470. The Bertz CT molecular complexity index is 300. The van der Waals surface area contributed by atoms with E-state index in [1.165, 1.54) is 0 Å². The van der Waals surface area contributed by atoms with Crippen LogP contribution in [0.4, 0.5) is 5.82 Å². The summed E-state index contributed by atoms with van der Waals surface area (Å²) in [5, 5.41) is 0. The van der Waals surface area contributed by atoms with E-state index >= 15 is 0 Å². The van der Waals surface area contributed by atoms with Gasteiger partial charge in [0.2, 0.25) is 0 Å². The van der Waals surface area contributed by atoms with Gasteiger partial charge in [-0.3, -0.25) is 0 Å². The Morgan fingerprint density at radius 1 is 1.36 bits per heavy atom. The van der Waals surface area contributed by atoms with Crippen molar-refractivity contribution in [3.05, 3.63) is 23.9 Å². The van der Waals surface area contributed by atoms with Gasteiger partial charge >= 0.3 is 0 Å². The molecule has 2 heterocycles. The second-order valence-electron chi connectivity index (χ2n) is 3.22. The zero-order valence-corrected chi connectivity index (χ0v) is 8.70. The van der Waals surface area contributed by atoms with Gasteiger partial charge in [0.1, 0.15) is 5.82 Å². The van der Waals surface area contributed by atoms with E-state index in [9.17, 15) is 0 Å². The predicted octanol–water partition coefficient (Wildman–Crippen LogP) is 1.66. The van der Waals surface area contributed by atoms with E-state index in [-0.39, 0.29) is 0 Å². The van der Waals surface area contributed by atoms with E-state index in [4.69, 9.17) is 16.3 Å². The number of pyridine rings is 1. The van der Waals surface area contributed by atoms with Gasteiger partial charge in [0, 0.05) is 13.1 Å². The first-order chi connectivity index (χ1) is 6.90. The Morgan fingerprint density at radius 2 is 2.14 bits per heavy atom. The molecule has 1 aliphatic rings. The average molecular weight is 213 g/mol. The molecule has 2 rings (SSSR count). The number of ether oxygens (including phenoxy) is 1. The molecule has 0 radical (unpaired) electrons. The van der Waals surface area contributed by atoms with Crippen LogP contribution in [-0.4, -0.2) is 31.3 Å². The molecule has 0 aromatic carbocycles. The second kappa shape index (κ2) is 4.62. The van der Waals surface area contributed by atoms with Gasteiger partial charge in [-0.15, -0.1) is 11.6 Å². The molecule has 3 nitrogen and oxygen atoms in total. The van der Waals surface area contributed by atoms with Crippen molar-refractivity contribution < 1.29 is 4.74 Å². The van der Waals surface area contributed by atoms with E-state index < -0.39 is 0 Å². The highest BCUT2D eigenvalue weighted by Crippen LogP contribution is 2.13. The van der Waals surface area contributed by atoms with E-state index in [0.717, 1.165) is 37.8 Å². The third-order valence-corrected chi connectivity index (χ3v) is 2.54. The predicted molar refractivity (Wildman–Crippen MR) is 56.8 cm³/mol. The summed E-state index contributed by atoms with van der Waals surface area (Å²) in [7, 11) is 0. The van der Waals surface area contributed by atoms with Crippen LogP contribution in [0.25, 0.3) is 0 Å². The largest absolute Gasteiger partial charge is 0.378 e. The van der Waals surface area contributed by atoms with Crippen LogP contribution < -0.4 is 4.90 Å². The minimum atomic E-state index is 0.470. The van der Waals surface area contributed by atoms with Crippen LogP contribution in [-0.2, 0) is 10.6 Å². The molecule has 1 aromatic heterocycles. The molecule has 1 fully saturated rings. The lowest BCUT2D eigenvalue weighted by Crippen LogP contribution is -2.36. The van der Waals surface area contributed by atoms with Crippen molar-refractivity contribution in [1.29, 1.82) is 0 Å². The molecule has 0 aliphatic carbocycles. The average Bonchev–Trinajstić information content (AvgIpc) is 2.30. The van der Waals surface area contributed by atoms with E-state index in [1.54, 1.807) is 0 Å². The lowest BCUT2D eigenvalue weighted by Gasteiger charge is -2.27. The van der Waals surface area contributed by atoms with Crippen LogP contribution in [0.3, 0.4) is 0 Å². The lowest BCUT2D eigenvalue weighted by atomic mass is 10.3. The Kier molecular flexibility index (Phi) is 3.22. The monoisotopic (exact) mass is 212 g/mol. The molecular weight excluding hydrogens is 200 g/mol. The van der Waals surface area contributed by atoms with Crippen molar-refractivity contribution >= 4 is 17.4 Å². The third-order valence-electron chi connectivity index (χ3n) is 2.26. The van der Waals surface area contributed by atoms with Crippen molar-refractivity contribution in [2.45, 2.75) is 5.88 Å². The van der Waals surface area contributed by atoms with Gasteiger partial charge in [-0.2, -0.15) is 0 Å². The topological polar surface area (TPSA) is 25.4 Å². The number of rotatable bonds is 2. The summed E-state index contributed by atoms with van der Waals surface area (Å²) >= 11 is 5.73. The van der Waals surface area contributed by atoms with Crippen LogP contribution in [0, 0.1) is 0 Å². The number of hydrogen-bond acceptors (Lipinski definition) is 3. The molecule has 1 aromatic rings. The molecule has 1 saturated heterocycles. The maximum Gasteiger partial charge on any atom is 0.129 e. The number of morpholine rings is 1. The summed E-state index contributed by atoms with van der Waals surface area (Å²) in [5.41, 5.74) is 0.927. The van der Waals surface area contributed by atoms with Crippen LogP contribution in [0.5, 0.6) is 0 Å². The summed E-state index contributed by atoms with van der Waals surface area (Å²) in [5.74, 6) is 1.48. The number of halogens is 1. The Morgan fingerprint density at radius 3 is 2.86 bits per heavy atom. The summed E-state index contributed by atoms with van der Waals surface area (Å²) in [6, 6.07) is 5.95. The first-order valence-electron chi connectivity index (χ1n) is 4.75. The van der Waals surface area contributed by atoms with Crippen LogP contribution >= 0.6 is 11.6 Å². The molecule has 0 amide bonds. The van der Waals surface area contributed by atoms with Crippen molar-refractivity contribution in [3.8, 4) is 0 Å². The van der Waals surface area contributed by atoms with Gasteiger partial charge in [0.15, 0.2) is 0 Å². The van der Waals surface area contributed by atoms with Gasteiger partial charge in [0.05, 0.1) is 24.8 Å². The fraction of sp³-hybridized carbons (Fsp3) is 0.500. The Hall–Kier alpha value is -0.800. The van der Waals surface area contributed by atoms with Crippen LogP contribution in [0.2, 0.25) is 0 Å². The van der Waals surface area contributed by atoms with Gasteiger partial charge in [-0.1, -0.05) is 6.07 Å². The van der Waals surface area contributed by atoms with E-state index in [0.29, 0.717) is 5.88 Å². The van der Waals surface area contributed by atoms with Crippen LogP contribution in [0.1, 0.15) is 5.69 Å². The highest BCUT2D eigenvalue weighted by Gasteiger charge is 2.11. The normalized spacial score (nSPS) is 17.1. The molecule has 0 spiro atoms. The van der Waals surface area contributed by atoms with Gasteiger partial charge in [-0.25, -0.2) is 4.98 Å².